The average molecular weight is 797 g/mol. The molecule has 0 heterocycles. The Morgan fingerprint density at radius 2 is 0.636 bits per heavy atom. The van der Waals surface area contributed by atoms with Crippen LogP contribution in [0.2, 0.25) is 0 Å². The van der Waals surface area contributed by atoms with Crippen molar-refractivity contribution in [3.05, 3.63) is 48.6 Å². The Kier molecular flexibility index (Phi) is 46.9. The maximum absolute atomic E-state index is 11.1. The van der Waals surface area contributed by atoms with Gasteiger partial charge < -0.3 is 19.8 Å². The first-order chi connectivity index (χ1) is 26.0. The number of aliphatic carboxylic acids is 2. The number of hydrogen-bond acceptors (Lipinski definition) is 6. The van der Waals surface area contributed by atoms with E-state index in [1.165, 1.54) is 77.0 Å². The molecule has 0 aliphatic heterocycles. The SMILES string of the molecule is CC/C=C/CCCCC(C)CN(CC(=O)[O-])CC(C)CCCC/C=C/CC.CC/C=C/CCCCC(C)CN(CC(=O)[O-])CC(C)CCCC/C=C/CC.[Ca+2]. The molecule has 0 amide bonds. The first-order valence-electron chi connectivity index (χ1n) is 22.4. The van der Waals surface area contributed by atoms with E-state index >= 15 is 0 Å². The summed E-state index contributed by atoms with van der Waals surface area (Å²) in [6.07, 6.45) is 41.5. The Morgan fingerprint density at radius 3 is 0.818 bits per heavy atom. The van der Waals surface area contributed by atoms with Crippen molar-refractivity contribution in [3.8, 4) is 0 Å². The summed E-state index contributed by atoms with van der Waals surface area (Å²) in [6, 6.07) is 0. The molecule has 4 unspecified atom stereocenters. The number of allylic oxidation sites excluding steroid dienone is 8. The van der Waals surface area contributed by atoms with E-state index in [-0.39, 0.29) is 50.8 Å². The molecular weight excluding hydrogens is 709 g/mol. The van der Waals surface area contributed by atoms with Crippen LogP contribution in [0.1, 0.15) is 184 Å². The molecule has 4 atom stereocenters. The van der Waals surface area contributed by atoms with Crippen molar-refractivity contribution >= 4 is 49.7 Å². The normalized spacial score (nSPS) is 14.1. The second-order valence-electron chi connectivity index (χ2n) is 16.2. The van der Waals surface area contributed by atoms with Crippen molar-refractivity contribution in [2.24, 2.45) is 23.7 Å². The summed E-state index contributed by atoms with van der Waals surface area (Å²) in [4.78, 5) is 26.4. The molecule has 0 radical (unpaired) electrons. The first-order valence-corrected chi connectivity index (χ1v) is 22.4. The summed E-state index contributed by atoms with van der Waals surface area (Å²) in [5, 5.41) is 22.3. The third kappa shape index (κ3) is 45.7. The molecular formula is C48H88CaN2O4. The number of nitrogens with zero attached hydrogens (tertiary/aromatic N) is 2. The molecule has 6 nitrogen and oxygen atoms in total. The van der Waals surface area contributed by atoms with E-state index in [0.29, 0.717) is 23.7 Å². The Bertz CT molecular complexity index is 830. The van der Waals surface area contributed by atoms with Crippen molar-refractivity contribution in [2.45, 2.75) is 184 Å². The summed E-state index contributed by atoms with van der Waals surface area (Å²) < 4.78 is 0. The van der Waals surface area contributed by atoms with Crippen LogP contribution >= 0.6 is 0 Å². The van der Waals surface area contributed by atoms with Crippen LogP contribution < -0.4 is 10.2 Å². The maximum atomic E-state index is 11.1. The van der Waals surface area contributed by atoms with Gasteiger partial charge in [0.2, 0.25) is 0 Å². The fraction of sp³-hybridized carbons (Fsp3) is 0.792. The van der Waals surface area contributed by atoms with Crippen LogP contribution in [-0.4, -0.2) is 98.7 Å². The fourth-order valence-electron chi connectivity index (χ4n) is 7.06. The van der Waals surface area contributed by atoms with Gasteiger partial charge >= 0.3 is 37.7 Å². The van der Waals surface area contributed by atoms with Gasteiger partial charge in [0.1, 0.15) is 0 Å². The molecule has 0 N–H and O–H groups in total. The van der Waals surface area contributed by atoms with E-state index in [1.807, 2.05) is 0 Å². The van der Waals surface area contributed by atoms with Crippen LogP contribution in [0.25, 0.3) is 0 Å². The van der Waals surface area contributed by atoms with Crippen molar-refractivity contribution in [1.82, 2.24) is 9.80 Å². The number of rotatable bonds is 36. The second kappa shape index (κ2) is 44.2. The standard InChI is InChI=1S/2C24H45NO2.Ca/c2*1-5-7-9-11-13-15-17-22(3)19-25(21-24(26)27)20-23(4)18-16-14-12-10-8-6-2;/h2*7-10,22-23H,5-6,11-21H2,1-4H3,(H,26,27);/q;;+2/p-2/b2*9-7+,10-8+;. The summed E-state index contributed by atoms with van der Waals surface area (Å²) >= 11 is 0. The number of carboxylic acids is 2. The van der Waals surface area contributed by atoms with Crippen molar-refractivity contribution in [1.29, 1.82) is 0 Å². The summed E-state index contributed by atoms with van der Waals surface area (Å²) in [5.74, 6) is 0.223. The largest absolute Gasteiger partial charge is 2.00 e. The fourth-order valence-corrected chi connectivity index (χ4v) is 7.06. The van der Waals surface area contributed by atoms with Crippen molar-refractivity contribution in [3.63, 3.8) is 0 Å². The van der Waals surface area contributed by atoms with Crippen LogP contribution in [0.4, 0.5) is 0 Å². The van der Waals surface area contributed by atoms with Gasteiger partial charge in [-0.3, -0.25) is 9.80 Å². The Hall–Kier alpha value is -0.920. The van der Waals surface area contributed by atoms with E-state index < -0.39 is 11.9 Å². The van der Waals surface area contributed by atoms with Crippen molar-refractivity contribution < 1.29 is 19.8 Å². The van der Waals surface area contributed by atoms with Gasteiger partial charge in [-0.15, -0.1) is 0 Å². The van der Waals surface area contributed by atoms with E-state index in [9.17, 15) is 19.8 Å². The molecule has 0 saturated heterocycles. The zero-order valence-electron chi connectivity index (χ0n) is 37.5. The van der Waals surface area contributed by atoms with Crippen LogP contribution in [-0.2, 0) is 9.59 Å². The van der Waals surface area contributed by atoms with Gasteiger partial charge in [-0.05, 0) is 126 Å². The minimum atomic E-state index is -0.955. The maximum Gasteiger partial charge on any atom is 2.00 e. The van der Waals surface area contributed by atoms with Gasteiger partial charge in [-0.25, -0.2) is 0 Å². The van der Waals surface area contributed by atoms with Gasteiger partial charge in [0.25, 0.3) is 0 Å². The van der Waals surface area contributed by atoms with Gasteiger partial charge in [0, 0.05) is 39.3 Å². The van der Waals surface area contributed by atoms with Gasteiger partial charge in [-0.1, -0.05) is 130 Å². The summed E-state index contributed by atoms with van der Waals surface area (Å²) in [5.41, 5.74) is 0. The predicted molar refractivity (Wildman–Crippen MR) is 237 cm³/mol. The molecule has 0 aromatic heterocycles. The Labute approximate surface area is 372 Å². The molecule has 7 heteroatoms. The van der Waals surface area contributed by atoms with Gasteiger partial charge in [0.15, 0.2) is 0 Å². The second-order valence-corrected chi connectivity index (χ2v) is 16.2. The number of carboxylic acid groups (broad SMARTS) is 2. The van der Waals surface area contributed by atoms with Crippen LogP contribution in [0.3, 0.4) is 0 Å². The number of carbonyl (C=O) groups excluding carboxylic acids is 2. The first kappa shape index (κ1) is 58.4. The van der Waals surface area contributed by atoms with Crippen molar-refractivity contribution in [2.75, 3.05) is 39.3 Å². The third-order valence-corrected chi connectivity index (χ3v) is 9.87. The molecule has 0 rings (SSSR count). The van der Waals surface area contributed by atoms with E-state index in [1.54, 1.807) is 0 Å². The average Bonchev–Trinajstić information content (AvgIpc) is 3.10. The zero-order valence-corrected chi connectivity index (χ0v) is 39.8. The number of hydrogen-bond donors (Lipinski definition) is 0. The molecule has 0 fully saturated rings. The number of carbonyl (C=O) groups is 2. The third-order valence-electron chi connectivity index (χ3n) is 9.87. The number of unbranched alkanes of at least 4 members (excludes halogenated alkanes) is 8. The van der Waals surface area contributed by atoms with E-state index in [0.717, 1.165) is 77.5 Å². The van der Waals surface area contributed by atoms with Gasteiger partial charge in [-0.2, -0.15) is 0 Å². The van der Waals surface area contributed by atoms with Crippen LogP contribution in [0, 0.1) is 23.7 Å². The summed E-state index contributed by atoms with van der Waals surface area (Å²) in [6.45, 7) is 21.2. The quantitative estimate of drug-likeness (QED) is 0.0357. The van der Waals surface area contributed by atoms with E-state index in [4.69, 9.17) is 0 Å². The van der Waals surface area contributed by atoms with Crippen LogP contribution in [0.15, 0.2) is 48.6 Å². The molecule has 55 heavy (non-hydrogen) atoms. The molecule has 0 saturated carbocycles. The monoisotopic (exact) mass is 797 g/mol. The minimum Gasteiger partial charge on any atom is -0.549 e. The molecule has 0 bridgehead atoms. The molecule has 0 aromatic rings. The molecule has 0 spiro atoms. The smallest absolute Gasteiger partial charge is 0.549 e. The minimum absolute atomic E-state index is 0. The Balaban J connectivity index is -0.000000966. The van der Waals surface area contributed by atoms with Gasteiger partial charge in [0.05, 0.1) is 11.9 Å². The summed E-state index contributed by atoms with van der Waals surface area (Å²) in [7, 11) is 0. The molecule has 0 aliphatic rings. The Morgan fingerprint density at radius 1 is 0.418 bits per heavy atom. The zero-order chi connectivity index (χ0) is 40.7. The van der Waals surface area contributed by atoms with E-state index in [2.05, 4.69) is 114 Å². The molecule has 0 aromatic carbocycles. The molecule has 0 aliphatic carbocycles. The predicted octanol–water partition coefficient (Wildman–Crippen LogP) is 10.3. The van der Waals surface area contributed by atoms with Crippen LogP contribution in [0.5, 0.6) is 0 Å². The molecule has 316 valence electrons. The topological polar surface area (TPSA) is 86.7 Å².